The van der Waals surface area contributed by atoms with Crippen molar-refractivity contribution in [3.05, 3.63) is 77.4 Å². The van der Waals surface area contributed by atoms with E-state index in [1.165, 1.54) is 22.4 Å². The van der Waals surface area contributed by atoms with Crippen molar-refractivity contribution in [3.8, 4) is 5.75 Å². The normalized spacial score (nSPS) is 12.3. The zero-order chi connectivity index (χ0) is 24.0. The van der Waals surface area contributed by atoms with Crippen molar-refractivity contribution in [1.29, 1.82) is 0 Å². The molecule has 184 valence electrons. The molecule has 6 heteroatoms. The molecule has 0 saturated heterocycles. The van der Waals surface area contributed by atoms with Gasteiger partial charge in [0.05, 0.1) is 32.5 Å². The highest BCUT2D eigenvalue weighted by Gasteiger charge is 2.09. The molecule has 0 aromatic heterocycles. The van der Waals surface area contributed by atoms with Gasteiger partial charge in [0.25, 0.3) is 0 Å². The number of aliphatic hydroxyl groups excluding tert-OH is 2. The van der Waals surface area contributed by atoms with E-state index < -0.39 is 6.10 Å². The molecule has 0 aliphatic rings. The first-order chi connectivity index (χ1) is 16.7. The lowest BCUT2D eigenvalue weighted by atomic mass is 10.1. The van der Waals surface area contributed by atoms with Gasteiger partial charge in [-0.15, -0.1) is 0 Å². The zero-order valence-electron chi connectivity index (χ0n) is 19.8. The Balaban J connectivity index is 1.15. The van der Waals surface area contributed by atoms with Crippen LogP contribution in [0.25, 0.3) is 10.8 Å². The van der Waals surface area contributed by atoms with Crippen molar-refractivity contribution in [1.82, 2.24) is 5.32 Å². The molecule has 0 spiro atoms. The van der Waals surface area contributed by atoms with E-state index in [9.17, 15) is 15.3 Å². The SMILES string of the molecule is OCc1cc([C@@H](O)CNCCCCCCOCCOCc2cccc3ccccc23)ccc1O. The maximum atomic E-state index is 10.3. The van der Waals surface area contributed by atoms with Crippen molar-refractivity contribution in [2.75, 3.05) is 32.9 Å². The number of hydrogen-bond acceptors (Lipinski definition) is 6. The fourth-order valence-electron chi connectivity index (χ4n) is 3.92. The Morgan fingerprint density at radius 2 is 1.59 bits per heavy atom. The fraction of sp³-hybridized carbons (Fsp3) is 0.429. The standard InChI is InChI=1S/C28H37NO5/c30-20-25-18-23(12-13-27(25)31)28(32)19-29-14-5-1-2-6-15-33-16-17-34-21-24-10-7-9-22-8-3-4-11-26(22)24/h3-4,7-13,18,28-32H,1-2,5-6,14-17,19-21H2/t28-/m0/s1. The number of ether oxygens (including phenoxy) is 2. The van der Waals surface area contributed by atoms with Gasteiger partial charge in [-0.05, 0) is 53.4 Å². The second kappa shape index (κ2) is 14.7. The molecule has 3 aromatic carbocycles. The molecule has 0 fully saturated rings. The number of nitrogens with one attached hydrogen (secondary N) is 1. The number of benzene rings is 3. The van der Waals surface area contributed by atoms with Crippen LogP contribution in [-0.2, 0) is 22.7 Å². The van der Waals surface area contributed by atoms with Crippen LogP contribution in [0.15, 0.2) is 60.7 Å². The second-order valence-corrected chi connectivity index (χ2v) is 8.48. The molecule has 3 rings (SSSR count). The molecule has 0 aliphatic heterocycles. The average Bonchev–Trinajstić information content (AvgIpc) is 2.87. The lowest BCUT2D eigenvalue weighted by Gasteiger charge is -2.14. The van der Waals surface area contributed by atoms with E-state index in [0.717, 1.165) is 38.8 Å². The van der Waals surface area contributed by atoms with Gasteiger partial charge >= 0.3 is 0 Å². The third-order valence-electron chi connectivity index (χ3n) is 5.90. The van der Waals surface area contributed by atoms with Gasteiger partial charge < -0.3 is 30.1 Å². The summed E-state index contributed by atoms with van der Waals surface area (Å²) in [5, 5.41) is 34.8. The molecule has 6 nitrogen and oxygen atoms in total. The lowest BCUT2D eigenvalue weighted by Crippen LogP contribution is -2.22. The van der Waals surface area contributed by atoms with Gasteiger partial charge in [0.1, 0.15) is 5.75 Å². The zero-order valence-corrected chi connectivity index (χ0v) is 19.8. The van der Waals surface area contributed by atoms with Gasteiger partial charge in [0.2, 0.25) is 0 Å². The fourth-order valence-corrected chi connectivity index (χ4v) is 3.92. The summed E-state index contributed by atoms with van der Waals surface area (Å²) in [6.07, 6.45) is 3.63. The van der Waals surface area contributed by atoms with Crippen LogP contribution in [0, 0.1) is 0 Å². The van der Waals surface area contributed by atoms with Gasteiger partial charge in [-0.2, -0.15) is 0 Å². The van der Waals surface area contributed by atoms with E-state index in [4.69, 9.17) is 9.47 Å². The van der Waals surface area contributed by atoms with Gasteiger partial charge in [-0.1, -0.05) is 61.4 Å². The third kappa shape index (κ3) is 8.38. The average molecular weight is 468 g/mol. The van der Waals surface area contributed by atoms with E-state index in [0.29, 0.717) is 37.5 Å². The molecule has 1 atom stereocenters. The first-order valence-electron chi connectivity index (χ1n) is 12.1. The molecule has 4 N–H and O–H groups in total. The molecule has 0 aliphatic carbocycles. The predicted molar refractivity (Wildman–Crippen MR) is 135 cm³/mol. The van der Waals surface area contributed by atoms with Gasteiger partial charge in [0.15, 0.2) is 0 Å². The predicted octanol–water partition coefficient (Wildman–Crippen LogP) is 4.45. The highest BCUT2D eigenvalue weighted by atomic mass is 16.5. The second-order valence-electron chi connectivity index (χ2n) is 8.48. The summed E-state index contributed by atoms with van der Waals surface area (Å²) in [5.41, 5.74) is 2.32. The topological polar surface area (TPSA) is 91.2 Å². The Morgan fingerprint density at radius 3 is 2.47 bits per heavy atom. The summed E-state index contributed by atoms with van der Waals surface area (Å²) < 4.78 is 11.5. The summed E-state index contributed by atoms with van der Waals surface area (Å²) in [6.45, 7) is 3.58. The van der Waals surface area contributed by atoms with E-state index >= 15 is 0 Å². The molecule has 34 heavy (non-hydrogen) atoms. The van der Waals surface area contributed by atoms with Crippen LogP contribution in [0.4, 0.5) is 0 Å². The number of aliphatic hydroxyl groups is 2. The molecule has 0 unspecified atom stereocenters. The van der Waals surface area contributed by atoms with Crippen molar-refractivity contribution < 1.29 is 24.8 Å². The third-order valence-corrected chi connectivity index (χ3v) is 5.90. The van der Waals surface area contributed by atoms with Crippen LogP contribution in [0.1, 0.15) is 48.5 Å². The lowest BCUT2D eigenvalue weighted by molar-refractivity contribution is 0.0396. The minimum Gasteiger partial charge on any atom is -0.508 e. The summed E-state index contributed by atoms with van der Waals surface area (Å²) >= 11 is 0. The molecule has 0 saturated carbocycles. The van der Waals surface area contributed by atoms with Crippen LogP contribution in [0.2, 0.25) is 0 Å². The number of phenols is 1. The Labute approximate surface area is 202 Å². The maximum Gasteiger partial charge on any atom is 0.121 e. The van der Waals surface area contributed by atoms with Crippen molar-refractivity contribution in [2.24, 2.45) is 0 Å². The summed E-state index contributed by atoms with van der Waals surface area (Å²) in [7, 11) is 0. The van der Waals surface area contributed by atoms with E-state index in [1.54, 1.807) is 12.1 Å². The molecule has 0 amide bonds. The first-order valence-corrected chi connectivity index (χ1v) is 12.1. The van der Waals surface area contributed by atoms with Crippen LogP contribution >= 0.6 is 0 Å². The highest BCUT2D eigenvalue weighted by Crippen LogP contribution is 2.22. The van der Waals surface area contributed by atoms with Gasteiger partial charge in [-0.3, -0.25) is 0 Å². The minimum atomic E-state index is -0.665. The number of hydrogen-bond donors (Lipinski definition) is 4. The Hall–Kier alpha value is -2.48. The summed E-state index contributed by atoms with van der Waals surface area (Å²) in [6, 6.07) is 19.5. The van der Waals surface area contributed by atoms with Crippen molar-refractivity contribution >= 4 is 10.8 Å². The molecular weight excluding hydrogens is 430 g/mol. The van der Waals surface area contributed by atoms with Gasteiger partial charge in [0, 0.05) is 18.7 Å². The quantitative estimate of drug-likeness (QED) is 0.233. The van der Waals surface area contributed by atoms with Gasteiger partial charge in [-0.25, -0.2) is 0 Å². The van der Waals surface area contributed by atoms with Crippen LogP contribution < -0.4 is 5.32 Å². The Morgan fingerprint density at radius 1 is 0.794 bits per heavy atom. The highest BCUT2D eigenvalue weighted by molar-refractivity contribution is 5.85. The first kappa shape index (κ1) is 26.1. The number of fused-ring (bicyclic) bond motifs is 1. The summed E-state index contributed by atoms with van der Waals surface area (Å²) in [5.74, 6) is 0.0452. The van der Waals surface area contributed by atoms with E-state index in [-0.39, 0.29) is 12.4 Å². The maximum absolute atomic E-state index is 10.3. The Bertz CT molecular complexity index is 988. The molecule has 0 bridgehead atoms. The monoisotopic (exact) mass is 467 g/mol. The van der Waals surface area contributed by atoms with E-state index in [1.807, 2.05) is 0 Å². The molecule has 0 heterocycles. The van der Waals surface area contributed by atoms with Crippen LogP contribution in [0.5, 0.6) is 5.75 Å². The van der Waals surface area contributed by atoms with E-state index in [2.05, 4.69) is 47.8 Å². The largest absolute Gasteiger partial charge is 0.508 e. The molecule has 3 aromatic rings. The van der Waals surface area contributed by atoms with Crippen LogP contribution in [0.3, 0.4) is 0 Å². The minimum absolute atomic E-state index is 0.0452. The summed E-state index contributed by atoms with van der Waals surface area (Å²) in [4.78, 5) is 0. The number of rotatable bonds is 16. The number of aromatic hydroxyl groups is 1. The Kier molecular flexibility index (Phi) is 11.3. The molecule has 0 radical (unpaired) electrons. The van der Waals surface area contributed by atoms with Crippen LogP contribution in [-0.4, -0.2) is 48.2 Å². The molecular formula is C28H37NO5. The number of unbranched alkanes of at least 4 members (excludes halogenated alkanes) is 3. The smallest absolute Gasteiger partial charge is 0.121 e. The van der Waals surface area contributed by atoms with Crippen molar-refractivity contribution in [3.63, 3.8) is 0 Å². The van der Waals surface area contributed by atoms with Crippen molar-refractivity contribution in [2.45, 2.75) is 45.0 Å².